The smallest absolute Gasteiger partial charge is 0.257 e. The molecular formula is C20H29N3O6S3. The van der Waals surface area contributed by atoms with Gasteiger partial charge in [0.25, 0.3) is 5.22 Å². The molecule has 1 aromatic heterocycles. The first-order chi connectivity index (χ1) is 15.1. The van der Waals surface area contributed by atoms with Crippen LogP contribution < -0.4 is 0 Å². The number of benzene rings is 1. The Balaban J connectivity index is 1.73. The molecule has 0 N–H and O–H groups in total. The van der Waals surface area contributed by atoms with E-state index in [1.54, 1.807) is 24.8 Å². The third kappa shape index (κ3) is 5.46. The minimum absolute atomic E-state index is 0.0100. The Labute approximate surface area is 193 Å². The molecule has 1 aromatic carbocycles. The maximum absolute atomic E-state index is 12.8. The van der Waals surface area contributed by atoms with Crippen molar-refractivity contribution in [2.45, 2.75) is 49.8 Å². The summed E-state index contributed by atoms with van der Waals surface area (Å²) in [6.45, 7) is 6.75. The van der Waals surface area contributed by atoms with Gasteiger partial charge in [-0.3, -0.25) is 4.79 Å². The van der Waals surface area contributed by atoms with Crippen LogP contribution in [0.5, 0.6) is 0 Å². The minimum atomic E-state index is -3.61. The monoisotopic (exact) mass is 503 g/mol. The van der Waals surface area contributed by atoms with Crippen molar-refractivity contribution in [2.75, 3.05) is 36.9 Å². The van der Waals surface area contributed by atoms with Gasteiger partial charge in [-0.2, -0.15) is 4.31 Å². The third-order valence-electron chi connectivity index (χ3n) is 5.44. The number of aromatic nitrogens is 1. The van der Waals surface area contributed by atoms with E-state index in [9.17, 15) is 21.6 Å². The van der Waals surface area contributed by atoms with Gasteiger partial charge in [-0.1, -0.05) is 32.5 Å². The standard InChI is InChI=1S/C20H29N3O6S3/c1-4-10-23(15-9-11-31(25,26)14-15)19(24)13-30-20-21-17-12-16(7-8-18(17)29-20)32(27,28)22(5-2)6-3/h7-8,12,15H,4-6,9-11,13-14H2,1-3H3/t15-/m1/s1. The van der Waals surface area contributed by atoms with Gasteiger partial charge in [0, 0.05) is 25.7 Å². The zero-order valence-electron chi connectivity index (χ0n) is 18.5. The summed E-state index contributed by atoms with van der Waals surface area (Å²) in [4.78, 5) is 18.9. The topological polar surface area (TPSA) is 118 Å². The SMILES string of the molecule is CCCN(C(=O)CSc1nc2cc(S(=O)(=O)N(CC)CC)ccc2o1)[C@@H]1CCS(=O)(=O)C1. The molecule has 0 spiro atoms. The van der Waals surface area contributed by atoms with E-state index >= 15 is 0 Å². The van der Waals surface area contributed by atoms with E-state index in [0.29, 0.717) is 37.2 Å². The molecular weight excluding hydrogens is 474 g/mol. The van der Waals surface area contributed by atoms with Crippen molar-refractivity contribution in [1.29, 1.82) is 0 Å². The number of oxazole rings is 1. The number of nitrogens with zero attached hydrogens (tertiary/aromatic N) is 3. The van der Waals surface area contributed by atoms with E-state index in [0.717, 1.165) is 18.2 Å². The third-order valence-corrected chi connectivity index (χ3v) is 10.0. The summed E-state index contributed by atoms with van der Waals surface area (Å²) < 4.78 is 56.1. The zero-order valence-corrected chi connectivity index (χ0v) is 20.9. The summed E-state index contributed by atoms with van der Waals surface area (Å²) in [5.74, 6) is 0.0256. The Kier molecular flexibility index (Phi) is 7.89. The highest BCUT2D eigenvalue weighted by Gasteiger charge is 2.34. The first-order valence-corrected chi connectivity index (χ1v) is 14.9. The van der Waals surface area contributed by atoms with Crippen LogP contribution in [0.2, 0.25) is 0 Å². The second kappa shape index (κ2) is 10.1. The maximum Gasteiger partial charge on any atom is 0.257 e. The van der Waals surface area contributed by atoms with Crippen molar-refractivity contribution in [2.24, 2.45) is 0 Å². The molecule has 1 atom stereocenters. The predicted molar refractivity (Wildman–Crippen MR) is 124 cm³/mol. The van der Waals surface area contributed by atoms with E-state index in [2.05, 4.69) is 4.98 Å². The molecule has 1 aliphatic heterocycles. The highest BCUT2D eigenvalue weighted by molar-refractivity contribution is 7.99. The molecule has 1 saturated heterocycles. The molecule has 0 radical (unpaired) electrons. The van der Waals surface area contributed by atoms with E-state index in [1.807, 2.05) is 6.92 Å². The number of carbonyl (C=O) groups excluding carboxylic acids is 1. The number of hydrogen-bond acceptors (Lipinski definition) is 8. The number of hydrogen-bond donors (Lipinski definition) is 0. The molecule has 3 rings (SSSR count). The average Bonchev–Trinajstić information content (AvgIpc) is 3.32. The second-order valence-electron chi connectivity index (χ2n) is 7.63. The van der Waals surface area contributed by atoms with E-state index in [-0.39, 0.29) is 39.3 Å². The Hall–Kier alpha value is -1.63. The lowest BCUT2D eigenvalue weighted by molar-refractivity contribution is -0.130. The van der Waals surface area contributed by atoms with Crippen molar-refractivity contribution in [3.05, 3.63) is 18.2 Å². The molecule has 2 aromatic rings. The zero-order chi connectivity index (χ0) is 23.5. The number of rotatable bonds is 10. The van der Waals surface area contributed by atoms with Gasteiger partial charge < -0.3 is 9.32 Å². The molecule has 32 heavy (non-hydrogen) atoms. The van der Waals surface area contributed by atoms with Crippen molar-refractivity contribution >= 4 is 48.6 Å². The largest absolute Gasteiger partial charge is 0.431 e. The molecule has 1 aliphatic rings. The molecule has 0 aliphatic carbocycles. The van der Waals surface area contributed by atoms with Gasteiger partial charge in [-0.05, 0) is 31.0 Å². The lowest BCUT2D eigenvalue weighted by Gasteiger charge is -2.27. The molecule has 1 fully saturated rings. The first kappa shape index (κ1) is 25.0. The molecule has 1 amide bonds. The van der Waals surface area contributed by atoms with E-state index in [1.165, 1.54) is 16.4 Å². The van der Waals surface area contributed by atoms with E-state index < -0.39 is 19.9 Å². The van der Waals surface area contributed by atoms with Gasteiger partial charge in [-0.15, -0.1) is 0 Å². The van der Waals surface area contributed by atoms with Crippen LogP contribution in [0.15, 0.2) is 32.7 Å². The van der Waals surface area contributed by atoms with Crippen molar-refractivity contribution < 1.29 is 26.0 Å². The van der Waals surface area contributed by atoms with Crippen LogP contribution in [0.25, 0.3) is 11.1 Å². The molecule has 0 bridgehead atoms. The lowest BCUT2D eigenvalue weighted by atomic mass is 10.2. The summed E-state index contributed by atoms with van der Waals surface area (Å²) in [5, 5.41) is 0.265. The van der Waals surface area contributed by atoms with Crippen LogP contribution in [0, 0.1) is 0 Å². The van der Waals surface area contributed by atoms with Crippen LogP contribution in [-0.2, 0) is 24.7 Å². The number of fused-ring (bicyclic) bond motifs is 1. The van der Waals surface area contributed by atoms with Crippen LogP contribution in [-0.4, -0.2) is 79.9 Å². The normalized spacial score (nSPS) is 18.4. The number of thioether (sulfide) groups is 1. The van der Waals surface area contributed by atoms with Gasteiger partial charge in [0.2, 0.25) is 15.9 Å². The average molecular weight is 504 g/mol. The van der Waals surface area contributed by atoms with Crippen LogP contribution >= 0.6 is 11.8 Å². The van der Waals surface area contributed by atoms with Crippen molar-refractivity contribution in [1.82, 2.24) is 14.2 Å². The minimum Gasteiger partial charge on any atom is -0.431 e. The van der Waals surface area contributed by atoms with Crippen molar-refractivity contribution in [3.8, 4) is 0 Å². The summed E-state index contributed by atoms with van der Waals surface area (Å²) >= 11 is 1.12. The highest BCUT2D eigenvalue weighted by atomic mass is 32.2. The quantitative estimate of drug-likeness (QED) is 0.454. The number of sulfonamides is 1. The fourth-order valence-corrected chi connectivity index (χ4v) is 7.73. The highest BCUT2D eigenvalue weighted by Crippen LogP contribution is 2.27. The first-order valence-electron chi connectivity index (χ1n) is 10.6. The fraction of sp³-hybridized carbons (Fsp3) is 0.600. The maximum atomic E-state index is 12.8. The van der Waals surface area contributed by atoms with Crippen LogP contribution in [0.1, 0.15) is 33.6 Å². The molecule has 178 valence electrons. The Bertz CT molecular complexity index is 1170. The van der Waals surface area contributed by atoms with Gasteiger partial charge in [-0.25, -0.2) is 21.8 Å². The molecule has 0 saturated carbocycles. The summed E-state index contributed by atoms with van der Waals surface area (Å²) in [7, 11) is -6.70. The molecule has 2 heterocycles. The lowest BCUT2D eigenvalue weighted by Crippen LogP contribution is -2.42. The summed E-state index contributed by atoms with van der Waals surface area (Å²) in [6.07, 6.45) is 1.20. The van der Waals surface area contributed by atoms with Gasteiger partial charge in [0.15, 0.2) is 15.4 Å². The van der Waals surface area contributed by atoms with Crippen LogP contribution in [0.4, 0.5) is 0 Å². The Morgan fingerprint density at radius 3 is 2.56 bits per heavy atom. The second-order valence-corrected chi connectivity index (χ2v) is 12.7. The fourth-order valence-electron chi connectivity index (χ4n) is 3.80. The number of sulfone groups is 1. The van der Waals surface area contributed by atoms with Gasteiger partial charge in [0.05, 0.1) is 22.2 Å². The summed E-state index contributed by atoms with van der Waals surface area (Å²) in [6, 6.07) is 4.25. The van der Waals surface area contributed by atoms with E-state index in [4.69, 9.17) is 4.42 Å². The molecule has 12 heteroatoms. The number of amides is 1. The molecule has 0 unspecified atom stereocenters. The van der Waals surface area contributed by atoms with Crippen molar-refractivity contribution in [3.63, 3.8) is 0 Å². The number of carbonyl (C=O) groups is 1. The van der Waals surface area contributed by atoms with Gasteiger partial charge >= 0.3 is 0 Å². The molecule has 9 nitrogen and oxygen atoms in total. The van der Waals surface area contributed by atoms with Crippen LogP contribution in [0.3, 0.4) is 0 Å². The summed E-state index contributed by atoms with van der Waals surface area (Å²) in [5.41, 5.74) is 0.839. The van der Waals surface area contributed by atoms with Gasteiger partial charge in [0.1, 0.15) is 5.52 Å². The predicted octanol–water partition coefficient (Wildman–Crippen LogP) is 2.38. The Morgan fingerprint density at radius 2 is 1.97 bits per heavy atom. The Morgan fingerprint density at radius 1 is 1.25 bits per heavy atom.